The van der Waals surface area contributed by atoms with Crippen LogP contribution in [0.5, 0.6) is 0 Å². The van der Waals surface area contributed by atoms with Crippen molar-refractivity contribution in [3.8, 4) is 0 Å². The van der Waals surface area contributed by atoms with Gasteiger partial charge in [-0.2, -0.15) is 0 Å². The van der Waals surface area contributed by atoms with E-state index in [0.717, 1.165) is 22.5 Å². The normalized spacial score (nSPS) is 15.8. The lowest BCUT2D eigenvalue weighted by atomic mass is 9.93. The SMILES string of the molecule is CCOC(=O)c1cc(N2CCC(S(C)(=O)=O)CC2)c(C(NC)C(C)C)c(Nc2cccc(C)c2)n1. The Kier molecular flexibility index (Phi) is 8.77. The third-order valence-electron chi connectivity index (χ3n) is 6.48. The smallest absolute Gasteiger partial charge is 0.357 e. The number of piperidine rings is 1. The highest BCUT2D eigenvalue weighted by Crippen LogP contribution is 2.39. The first kappa shape index (κ1) is 26.9. The van der Waals surface area contributed by atoms with Crippen LogP contribution < -0.4 is 15.5 Å². The van der Waals surface area contributed by atoms with Crippen LogP contribution in [0.2, 0.25) is 0 Å². The van der Waals surface area contributed by atoms with Gasteiger partial charge in [-0.05, 0) is 63.4 Å². The lowest BCUT2D eigenvalue weighted by molar-refractivity contribution is 0.0519. The number of carbonyl (C=O) groups is 1. The van der Waals surface area contributed by atoms with Gasteiger partial charge in [-0.25, -0.2) is 18.2 Å². The molecule has 3 rings (SSSR count). The van der Waals surface area contributed by atoms with Crippen molar-refractivity contribution in [1.82, 2.24) is 10.3 Å². The number of aromatic nitrogens is 1. The molecule has 0 radical (unpaired) electrons. The summed E-state index contributed by atoms with van der Waals surface area (Å²) in [6.07, 6.45) is 2.40. The number of esters is 1. The highest BCUT2D eigenvalue weighted by molar-refractivity contribution is 7.91. The molecule has 0 bridgehead atoms. The number of pyridine rings is 1. The van der Waals surface area contributed by atoms with Gasteiger partial charge in [0.05, 0.1) is 11.9 Å². The maximum Gasteiger partial charge on any atom is 0.357 e. The highest BCUT2D eigenvalue weighted by atomic mass is 32.2. The number of nitrogens with zero attached hydrogens (tertiary/aromatic N) is 2. The third kappa shape index (κ3) is 6.52. The molecule has 0 saturated carbocycles. The van der Waals surface area contributed by atoms with Gasteiger partial charge in [0.1, 0.15) is 15.7 Å². The van der Waals surface area contributed by atoms with Crippen LogP contribution in [-0.2, 0) is 14.6 Å². The molecule has 0 amide bonds. The molecule has 1 aliphatic heterocycles. The number of nitrogens with one attached hydrogen (secondary N) is 2. The van der Waals surface area contributed by atoms with Gasteiger partial charge in [0.15, 0.2) is 5.69 Å². The molecule has 1 saturated heterocycles. The van der Waals surface area contributed by atoms with Crippen molar-refractivity contribution in [2.45, 2.75) is 51.8 Å². The standard InChI is InChI=1S/C26H38N4O4S/c1-7-34-26(31)21-16-22(30-13-11-20(12-14-30)35(6,32)33)23(24(27-5)17(2)3)25(29-21)28-19-10-8-9-18(4)15-19/h8-10,15-17,20,24,27H,7,11-14H2,1-6H3,(H,28,29). The van der Waals surface area contributed by atoms with Crippen LogP contribution in [0.25, 0.3) is 0 Å². The van der Waals surface area contributed by atoms with E-state index in [2.05, 4.69) is 29.4 Å². The predicted octanol–water partition coefficient (Wildman–Crippen LogP) is 4.24. The highest BCUT2D eigenvalue weighted by Gasteiger charge is 2.32. The Bertz CT molecular complexity index is 1140. The molecule has 1 fully saturated rings. The molecule has 9 heteroatoms. The van der Waals surface area contributed by atoms with Crippen molar-refractivity contribution in [3.63, 3.8) is 0 Å². The van der Waals surface area contributed by atoms with E-state index in [9.17, 15) is 13.2 Å². The number of aryl methyl sites for hydroxylation is 1. The van der Waals surface area contributed by atoms with Crippen LogP contribution in [0.1, 0.15) is 61.3 Å². The number of sulfone groups is 1. The largest absolute Gasteiger partial charge is 0.461 e. The summed E-state index contributed by atoms with van der Waals surface area (Å²) >= 11 is 0. The molecule has 192 valence electrons. The Balaban J connectivity index is 2.16. The van der Waals surface area contributed by atoms with Crippen molar-refractivity contribution < 1.29 is 17.9 Å². The Hall–Kier alpha value is -2.65. The number of carbonyl (C=O) groups excluding carboxylic acids is 1. The fourth-order valence-electron chi connectivity index (χ4n) is 4.71. The fraction of sp³-hybridized carbons (Fsp3) is 0.538. The Morgan fingerprint density at radius 2 is 1.91 bits per heavy atom. The predicted molar refractivity (Wildman–Crippen MR) is 141 cm³/mol. The number of anilines is 3. The molecule has 1 atom stereocenters. The van der Waals surface area contributed by atoms with Crippen LogP contribution >= 0.6 is 0 Å². The Morgan fingerprint density at radius 3 is 2.46 bits per heavy atom. The Morgan fingerprint density at radius 1 is 1.23 bits per heavy atom. The fourth-order valence-corrected chi connectivity index (χ4v) is 5.78. The average Bonchev–Trinajstić information content (AvgIpc) is 2.79. The second kappa shape index (κ2) is 11.4. The van der Waals surface area contributed by atoms with Crippen molar-refractivity contribution in [1.29, 1.82) is 0 Å². The topological polar surface area (TPSA) is 101 Å². The van der Waals surface area contributed by atoms with Crippen LogP contribution in [0.4, 0.5) is 17.2 Å². The van der Waals surface area contributed by atoms with Gasteiger partial charge in [-0.1, -0.05) is 26.0 Å². The number of hydrogen-bond acceptors (Lipinski definition) is 8. The molecular formula is C26H38N4O4S. The summed E-state index contributed by atoms with van der Waals surface area (Å²) in [5.41, 5.74) is 4.04. The lowest BCUT2D eigenvalue weighted by Crippen LogP contribution is -2.40. The van der Waals surface area contributed by atoms with E-state index < -0.39 is 15.8 Å². The quantitative estimate of drug-likeness (QED) is 0.491. The molecule has 2 heterocycles. The molecule has 1 aliphatic rings. The summed E-state index contributed by atoms with van der Waals surface area (Å²) in [7, 11) is -1.18. The van der Waals surface area contributed by atoms with Crippen LogP contribution in [0.3, 0.4) is 0 Å². The zero-order chi connectivity index (χ0) is 25.8. The van der Waals surface area contributed by atoms with Crippen molar-refractivity contribution in [2.24, 2.45) is 5.92 Å². The van der Waals surface area contributed by atoms with Gasteiger partial charge < -0.3 is 20.3 Å². The minimum absolute atomic E-state index is 0.0475. The van der Waals surface area contributed by atoms with Crippen molar-refractivity contribution >= 4 is 33.0 Å². The zero-order valence-corrected chi connectivity index (χ0v) is 22.4. The van der Waals surface area contributed by atoms with E-state index in [0.29, 0.717) is 31.7 Å². The van der Waals surface area contributed by atoms with E-state index in [4.69, 9.17) is 9.72 Å². The van der Waals surface area contributed by atoms with Crippen molar-refractivity contribution in [3.05, 3.63) is 47.2 Å². The van der Waals surface area contributed by atoms with E-state index in [1.54, 1.807) is 13.0 Å². The lowest BCUT2D eigenvalue weighted by Gasteiger charge is -2.36. The van der Waals surface area contributed by atoms with Crippen LogP contribution in [-0.4, -0.2) is 57.6 Å². The van der Waals surface area contributed by atoms with Crippen molar-refractivity contribution in [2.75, 3.05) is 43.2 Å². The van der Waals surface area contributed by atoms with Crippen LogP contribution in [0, 0.1) is 12.8 Å². The third-order valence-corrected chi connectivity index (χ3v) is 8.16. The zero-order valence-electron chi connectivity index (χ0n) is 21.6. The van der Waals surface area contributed by atoms with E-state index >= 15 is 0 Å². The number of benzene rings is 1. The first-order chi connectivity index (χ1) is 16.5. The summed E-state index contributed by atoms with van der Waals surface area (Å²) < 4.78 is 29.5. The maximum absolute atomic E-state index is 12.8. The minimum atomic E-state index is -3.10. The van der Waals surface area contributed by atoms with Gasteiger partial charge in [-0.15, -0.1) is 0 Å². The molecule has 2 aromatic rings. The first-order valence-electron chi connectivity index (χ1n) is 12.2. The summed E-state index contributed by atoms with van der Waals surface area (Å²) in [5, 5.41) is 6.53. The molecular weight excluding hydrogens is 464 g/mol. The van der Waals surface area contributed by atoms with Gasteiger partial charge in [0.2, 0.25) is 0 Å². The van der Waals surface area contributed by atoms with Crippen LogP contribution in [0.15, 0.2) is 30.3 Å². The summed E-state index contributed by atoms with van der Waals surface area (Å²) in [6, 6.07) is 9.74. The first-order valence-corrected chi connectivity index (χ1v) is 14.2. The molecule has 8 nitrogen and oxygen atoms in total. The summed E-state index contributed by atoms with van der Waals surface area (Å²) in [6.45, 7) is 9.47. The second-order valence-corrected chi connectivity index (χ2v) is 11.9. The maximum atomic E-state index is 12.8. The minimum Gasteiger partial charge on any atom is -0.461 e. The molecule has 1 unspecified atom stereocenters. The molecule has 0 spiro atoms. The number of rotatable bonds is 9. The molecule has 2 N–H and O–H groups in total. The van der Waals surface area contributed by atoms with Gasteiger partial charge in [-0.3, -0.25) is 0 Å². The van der Waals surface area contributed by atoms with Gasteiger partial charge >= 0.3 is 5.97 Å². The van der Waals surface area contributed by atoms with E-state index in [-0.39, 0.29) is 29.5 Å². The second-order valence-electron chi connectivity index (χ2n) is 9.53. The summed E-state index contributed by atoms with van der Waals surface area (Å²) in [5.74, 6) is 0.346. The monoisotopic (exact) mass is 502 g/mol. The molecule has 0 aliphatic carbocycles. The molecule has 35 heavy (non-hydrogen) atoms. The van der Waals surface area contributed by atoms with Gasteiger partial charge in [0, 0.05) is 42.3 Å². The number of hydrogen-bond donors (Lipinski definition) is 2. The van der Waals surface area contributed by atoms with Gasteiger partial charge in [0.25, 0.3) is 0 Å². The van der Waals surface area contributed by atoms with E-state index in [1.807, 2.05) is 38.2 Å². The molecule has 1 aromatic heterocycles. The Labute approximate surface area is 209 Å². The number of ether oxygens (including phenoxy) is 1. The average molecular weight is 503 g/mol. The summed E-state index contributed by atoms with van der Waals surface area (Å²) in [4.78, 5) is 19.7. The molecule has 1 aromatic carbocycles. The van der Waals surface area contributed by atoms with E-state index in [1.165, 1.54) is 6.26 Å².